The van der Waals surface area contributed by atoms with Crippen LogP contribution in [0.3, 0.4) is 0 Å². The number of hydrogen-bond acceptors (Lipinski definition) is 6. The lowest BCUT2D eigenvalue weighted by molar-refractivity contribution is -1.02. The second-order valence-electron chi connectivity index (χ2n) is 9.66. The van der Waals surface area contributed by atoms with Gasteiger partial charge in [-0.2, -0.15) is 0 Å². The molecule has 0 aromatic carbocycles. The van der Waals surface area contributed by atoms with Crippen LogP contribution in [0, 0.1) is 11.3 Å². The number of fused-ring (bicyclic) bond motifs is 1. The van der Waals surface area contributed by atoms with Crippen LogP contribution < -0.4 is 0 Å². The first-order chi connectivity index (χ1) is 13.4. The zero-order valence-electron chi connectivity index (χ0n) is 15.7. The zero-order chi connectivity index (χ0) is 19.1. The minimum absolute atomic E-state index is 0. The molecule has 3 saturated carbocycles. The van der Waals surface area contributed by atoms with Crippen LogP contribution in [0.5, 0.6) is 0 Å². The normalized spacial score (nSPS) is 44.0. The molecule has 2 aliphatic heterocycles. The predicted octanol–water partition coefficient (Wildman–Crippen LogP) is 2.98. The molecule has 4 heterocycles. The Balaban J connectivity index is 0.00000165. The molecule has 0 bridgehead atoms. The lowest BCUT2D eigenvalue weighted by atomic mass is 9.50. The largest absolute Gasteiger partial charge is 0.459 e. The molecule has 2 saturated heterocycles. The van der Waals surface area contributed by atoms with Crippen molar-refractivity contribution in [2.75, 3.05) is 14.1 Å². The summed E-state index contributed by atoms with van der Waals surface area (Å²) >= 11 is 2.77. The van der Waals surface area contributed by atoms with E-state index in [0.717, 1.165) is 17.3 Å². The van der Waals surface area contributed by atoms with Gasteiger partial charge in [-0.15, -0.1) is 22.7 Å². The van der Waals surface area contributed by atoms with E-state index in [1.807, 2.05) is 35.0 Å². The first-order valence-electron chi connectivity index (χ1n) is 9.90. The maximum atomic E-state index is 13.3. The molecule has 2 spiro atoms. The Morgan fingerprint density at radius 3 is 2.48 bits per heavy atom. The Bertz CT molecular complexity index is 968. The molecule has 0 amide bonds. The van der Waals surface area contributed by atoms with Crippen molar-refractivity contribution in [3.63, 3.8) is 0 Å². The number of piperidine rings is 1. The molecule has 2 aromatic rings. The number of rotatable bonds is 4. The number of likely N-dealkylation sites (N-methyl/N-ethyl adjacent to an activating group) is 1. The molecule has 7 unspecified atom stereocenters. The van der Waals surface area contributed by atoms with Gasteiger partial charge in [0.15, 0.2) is 5.60 Å². The topological polar surface area (TPSA) is 59.1 Å². The van der Waals surface area contributed by atoms with Crippen LogP contribution in [-0.2, 0) is 19.9 Å². The summed E-state index contributed by atoms with van der Waals surface area (Å²) in [6, 6.07) is 8.44. The SMILES string of the molecule is C.C[N+]1(C)C2CC(OC(=O)C(O)(c3cccs3)c3cccs3)CC23C2C4OC42C31. The van der Waals surface area contributed by atoms with E-state index in [-0.39, 0.29) is 19.1 Å². The number of likely N-dealkylation sites (tertiary alicyclic amines) is 1. The van der Waals surface area contributed by atoms with Crippen molar-refractivity contribution in [1.29, 1.82) is 0 Å². The minimum Gasteiger partial charge on any atom is -0.459 e. The first-order valence-corrected chi connectivity index (χ1v) is 11.7. The molecule has 5 nitrogen and oxygen atoms in total. The van der Waals surface area contributed by atoms with Crippen molar-refractivity contribution >= 4 is 28.6 Å². The van der Waals surface area contributed by atoms with Crippen LogP contribution in [0.15, 0.2) is 35.0 Å². The van der Waals surface area contributed by atoms with Crippen molar-refractivity contribution in [3.8, 4) is 0 Å². The smallest absolute Gasteiger partial charge is 0.349 e. The molecular weight excluding hydrogens is 406 g/mol. The van der Waals surface area contributed by atoms with E-state index < -0.39 is 11.6 Å². The number of ether oxygens (including phenoxy) is 2. The number of hydrogen-bond donors (Lipinski definition) is 1. The van der Waals surface area contributed by atoms with Gasteiger partial charge in [0.05, 0.1) is 29.3 Å². The Kier molecular flexibility index (Phi) is 3.28. The minimum atomic E-state index is -1.71. The van der Waals surface area contributed by atoms with E-state index in [2.05, 4.69) is 14.1 Å². The Morgan fingerprint density at radius 2 is 1.93 bits per heavy atom. The third-order valence-corrected chi connectivity index (χ3v) is 10.4. The van der Waals surface area contributed by atoms with E-state index >= 15 is 0 Å². The van der Waals surface area contributed by atoms with Gasteiger partial charge in [-0.3, -0.25) is 0 Å². The van der Waals surface area contributed by atoms with Crippen LogP contribution in [0.1, 0.15) is 30.0 Å². The highest BCUT2D eigenvalue weighted by Gasteiger charge is 3.10. The second kappa shape index (κ2) is 5.14. The average molecular weight is 433 g/mol. The van der Waals surface area contributed by atoms with Crippen molar-refractivity contribution in [2.45, 2.75) is 55.8 Å². The highest BCUT2D eigenvalue weighted by Crippen LogP contribution is 2.93. The average Bonchev–Trinajstić information content (AvgIpc) is 3.17. The molecule has 7 heteroatoms. The lowest BCUT2D eigenvalue weighted by Gasteiger charge is -2.71. The van der Waals surface area contributed by atoms with E-state index in [1.54, 1.807) is 0 Å². The van der Waals surface area contributed by atoms with Crippen molar-refractivity contribution in [1.82, 2.24) is 0 Å². The van der Waals surface area contributed by atoms with Crippen molar-refractivity contribution < 1.29 is 23.9 Å². The molecular formula is C22H26NO4S2+. The Morgan fingerprint density at radius 1 is 1.28 bits per heavy atom. The van der Waals surface area contributed by atoms with E-state index in [4.69, 9.17) is 9.47 Å². The predicted molar refractivity (Wildman–Crippen MR) is 111 cm³/mol. The van der Waals surface area contributed by atoms with Crippen molar-refractivity contribution in [3.05, 3.63) is 44.8 Å². The van der Waals surface area contributed by atoms with Crippen LogP contribution in [0.4, 0.5) is 0 Å². The maximum absolute atomic E-state index is 13.3. The van der Waals surface area contributed by atoms with Gasteiger partial charge in [0, 0.05) is 18.8 Å². The molecule has 1 N–H and O–H groups in total. The lowest BCUT2D eigenvalue weighted by Crippen LogP contribution is -2.87. The summed E-state index contributed by atoms with van der Waals surface area (Å²) in [4.78, 5) is 14.5. The van der Waals surface area contributed by atoms with Gasteiger partial charge >= 0.3 is 5.97 Å². The fraction of sp³-hybridized carbons (Fsp3) is 0.591. The quantitative estimate of drug-likeness (QED) is 0.458. The van der Waals surface area contributed by atoms with Gasteiger partial charge in [0.2, 0.25) is 5.60 Å². The molecule has 5 fully saturated rings. The summed E-state index contributed by atoms with van der Waals surface area (Å²) in [6.45, 7) is 0. The van der Waals surface area contributed by atoms with Crippen molar-refractivity contribution in [2.24, 2.45) is 11.3 Å². The number of nitrogens with zero attached hydrogens (tertiary/aromatic N) is 1. The summed E-state index contributed by atoms with van der Waals surface area (Å²) in [5.41, 5.74) is -1.22. The third-order valence-electron chi connectivity index (χ3n) is 8.39. The number of thiophene rings is 2. The molecule has 154 valence electrons. The molecule has 7 atom stereocenters. The van der Waals surface area contributed by atoms with Gasteiger partial charge in [0.25, 0.3) is 0 Å². The van der Waals surface area contributed by atoms with Crippen LogP contribution in [0.2, 0.25) is 0 Å². The second-order valence-corrected chi connectivity index (χ2v) is 11.6. The third kappa shape index (κ3) is 1.75. The van der Waals surface area contributed by atoms with E-state index in [9.17, 15) is 9.90 Å². The molecule has 2 aromatic heterocycles. The molecule has 3 aliphatic carbocycles. The van der Waals surface area contributed by atoms with E-state index in [0.29, 0.717) is 39.3 Å². The van der Waals surface area contributed by atoms with Crippen LogP contribution in [-0.4, -0.2) is 59.5 Å². The first kappa shape index (κ1) is 18.5. The number of aliphatic hydroxyl groups is 1. The fourth-order valence-corrected chi connectivity index (χ4v) is 9.36. The molecule has 7 rings (SSSR count). The summed E-state index contributed by atoms with van der Waals surface area (Å²) < 4.78 is 12.9. The van der Waals surface area contributed by atoms with Gasteiger partial charge in [-0.25, -0.2) is 4.79 Å². The van der Waals surface area contributed by atoms with Crippen LogP contribution in [0.25, 0.3) is 0 Å². The number of epoxide rings is 1. The van der Waals surface area contributed by atoms with Gasteiger partial charge in [0.1, 0.15) is 24.3 Å². The number of esters is 1. The molecule has 0 radical (unpaired) electrons. The highest BCUT2D eigenvalue weighted by atomic mass is 32.1. The highest BCUT2D eigenvalue weighted by molar-refractivity contribution is 7.12. The van der Waals surface area contributed by atoms with Gasteiger partial charge in [-0.05, 0) is 22.9 Å². The fourth-order valence-electron chi connectivity index (χ4n) is 7.65. The van der Waals surface area contributed by atoms with E-state index in [1.165, 1.54) is 22.7 Å². The molecule has 5 aliphatic rings. The summed E-state index contributed by atoms with van der Waals surface area (Å²) in [5, 5.41) is 15.2. The number of carbonyl (C=O) groups excluding carboxylic acids is 1. The number of quaternary nitrogens is 1. The Labute approximate surface area is 178 Å². The molecule has 29 heavy (non-hydrogen) atoms. The van der Waals surface area contributed by atoms with Gasteiger partial charge < -0.3 is 19.1 Å². The number of carbonyl (C=O) groups is 1. The summed E-state index contributed by atoms with van der Waals surface area (Å²) in [7, 11) is 4.60. The summed E-state index contributed by atoms with van der Waals surface area (Å²) in [5.74, 6) is 0.159. The standard InChI is InChI=1S/C21H22NO4S2.CH4/c1-22(2)12-9-11(10-19(12)15-16-21(15,26-16)17(19)22)25-18(23)20(24,13-5-3-7-27-13)14-6-4-8-28-14;/h3-8,11-12,15-17,24H,9-10H2,1-2H3;1H4/q+1;. The maximum Gasteiger partial charge on any atom is 0.349 e. The summed E-state index contributed by atoms with van der Waals surface area (Å²) in [6.07, 6.45) is 2.17. The monoisotopic (exact) mass is 432 g/mol. The Hall–Kier alpha value is -1.25. The van der Waals surface area contributed by atoms with Gasteiger partial charge in [-0.1, -0.05) is 19.6 Å². The van der Waals surface area contributed by atoms with Crippen LogP contribution >= 0.6 is 22.7 Å². The zero-order valence-corrected chi connectivity index (χ0v) is 17.3.